The second-order valence-corrected chi connectivity index (χ2v) is 12.3. The highest BCUT2D eigenvalue weighted by atomic mass is 31.2. The molecule has 1 aliphatic rings. The summed E-state index contributed by atoms with van der Waals surface area (Å²) in [5.74, 6) is -38.0. The molecule has 0 radical (unpaired) electrons. The zero-order valence-corrected chi connectivity index (χ0v) is 25.4. The third-order valence-electron chi connectivity index (χ3n) is 7.29. The van der Waals surface area contributed by atoms with E-state index in [2.05, 4.69) is 13.8 Å². The van der Waals surface area contributed by atoms with E-state index in [0.29, 0.717) is 12.8 Å². The van der Waals surface area contributed by atoms with Gasteiger partial charge in [0.1, 0.15) is 24.4 Å². The predicted molar refractivity (Wildman–Crippen MR) is 132 cm³/mol. The van der Waals surface area contributed by atoms with Gasteiger partial charge >= 0.3 is 43.6 Å². The van der Waals surface area contributed by atoms with E-state index in [-0.39, 0.29) is 12.8 Å². The fourth-order valence-electron chi connectivity index (χ4n) is 4.44. The standard InChI is InChI=1S/C24H36F13O9P/c1-2-3-4-5-6-7-8-9-13(45-47(42,43)46-17-15(39)14(12-38)44-18(41)16(17)40)10-11-19(25,26)20(27,28)21(29,30)22(31,32)23(33,34)24(35,36)37/h13-18,38-41H,2-12H2,1H3,(H,42,43)/t13?,14-,15-,16-,17+,18+/m1/s1. The summed E-state index contributed by atoms with van der Waals surface area (Å²) < 4.78 is 202. The maximum Gasteiger partial charge on any atom is 0.472 e. The van der Waals surface area contributed by atoms with E-state index in [1.54, 1.807) is 0 Å². The van der Waals surface area contributed by atoms with Crippen LogP contribution in [0.5, 0.6) is 0 Å². The summed E-state index contributed by atoms with van der Waals surface area (Å²) in [6.07, 6.45) is -21.8. The van der Waals surface area contributed by atoms with Crippen LogP contribution < -0.4 is 0 Å². The van der Waals surface area contributed by atoms with Gasteiger partial charge in [-0.15, -0.1) is 0 Å². The molecule has 0 amide bonds. The maximum absolute atomic E-state index is 14.4. The van der Waals surface area contributed by atoms with Gasteiger partial charge in [0.2, 0.25) is 0 Å². The summed E-state index contributed by atoms with van der Waals surface area (Å²) in [4.78, 5) is 10.2. The molecule has 1 heterocycles. The van der Waals surface area contributed by atoms with Crippen LogP contribution in [0.15, 0.2) is 0 Å². The first kappa shape index (κ1) is 44.0. The van der Waals surface area contributed by atoms with Crippen LogP contribution in [-0.2, 0) is 18.3 Å². The normalized spacial score (nSPS) is 25.9. The SMILES string of the molecule is CCCCCCCCCC(CCC(F)(F)C(F)(F)C(F)(F)C(F)(F)C(F)(F)C(F)(F)F)OP(=O)(O)O[C@@H]1[C@@H](O)[C@@H](O)O[C@H](CO)[C@H]1O. The highest BCUT2D eigenvalue weighted by Gasteiger charge is 2.90. The molecule has 23 heteroatoms. The Morgan fingerprint density at radius 2 is 1.21 bits per heavy atom. The van der Waals surface area contributed by atoms with Crippen molar-refractivity contribution in [1.82, 2.24) is 0 Å². The highest BCUT2D eigenvalue weighted by Crippen LogP contribution is 2.61. The average Bonchev–Trinajstić information content (AvgIpc) is 2.94. The maximum atomic E-state index is 14.4. The van der Waals surface area contributed by atoms with E-state index in [1.165, 1.54) is 0 Å². The van der Waals surface area contributed by atoms with Gasteiger partial charge in [0, 0.05) is 6.42 Å². The number of phosphoric ester groups is 1. The lowest BCUT2D eigenvalue weighted by Gasteiger charge is -2.40. The molecule has 47 heavy (non-hydrogen) atoms. The molecule has 0 aromatic rings. The van der Waals surface area contributed by atoms with Crippen molar-refractivity contribution in [3.8, 4) is 0 Å². The first-order chi connectivity index (χ1) is 21.1. The van der Waals surface area contributed by atoms with Gasteiger partial charge in [-0.05, 0) is 12.8 Å². The fraction of sp³-hybridized carbons (Fsp3) is 1.00. The summed E-state index contributed by atoms with van der Waals surface area (Å²) in [7, 11) is -5.74. The van der Waals surface area contributed by atoms with Crippen molar-refractivity contribution in [1.29, 1.82) is 0 Å². The summed E-state index contributed by atoms with van der Waals surface area (Å²) >= 11 is 0. The van der Waals surface area contributed by atoms with E-state index < -0.39 is 106 Å². The molecule has 0 spiro atoms. The Labute approximate surface area is 259 Å². The van der Waals surface area contributed by atoms with Crippen LogP contribution >= 0.6 is 7.82 Å². The fourth-order valence-corrected chi connectivity index (χ4v) is 5.63. The van der Waals surface area contributed by atoms with Crippen LogP contribution in [0.2, 0.25) is 0 Å². The molecular formula is C24H36F13O9P. The summed E-state index contributed by atoms with van der Waals surface area (Å²) in [6, 6.07) is 0. The number of hydrogen-bond donors (Lipinski definition) is 5. The van der Waals surface area contributed by atoms with Crippen molar-refractivity contribution in [3.05, 3.63) is 0 Å². The van der Waals surface area contributed by atoms with Crippen LogP contribution in [0, 0.1) is 0 Å². The summed E-state index contributed by atoms with van der Waals surface area (Å²) in [5, 5.41) is 38.9. The summed E-state index contributed by atoms with van der Waals surface area (Å²) in [5.41, 5.74) is 0. The topological polar surface area (TPSA) is 146 Å². The number of alkyl halides is 13. The molecule has 5 N–H and O–H groups in total. The zero-order chi connectivity index (χ0) is 36.9. The smallest absolute Gasteiger partial charge is 0.394 e. The van der Waals surface area contributed by atoms with Crippen LogP contribution in [0.3, 0.4) is 0 Å². The lowest BCUT2D eigenvalue weighted by molar-refractivity contribution is -0.440. The molecule has 1 saturated heterocycles. The zero-order valence-electron chi connectivity index (χ0n) is 24.5. The first-order valence-corrected chi connectivity index (χ1v) is 15.6. The predicted octanol–water partition coefficient (Wildman–Crippen LogP) is 5.95. The minimum atomic E-state index is -8.09. The van der Waals surface area contributed by atoms with Crippen LogP contribution in [0.25, 0.3) is 0 Å². The van der Waals surface area contributed by atoms with Crippen LogP contribution in [-0.4, -0.2) is 105 Å². The first-order valence-electron chi connectivity index (χ1n) is 14.1. The van der Waals surface area contributed by atoms with Crippen molar-refractivity contribution >= 4 is 7.82 Å². The van der Waals surface area contributed by atoms with E-state index >= 15 is 0 Å². The Balaban J connectivity index is 3.24. The number of halogens is 13. The third kappa shape index (κ3) is 10.0. The minimum Gasteiger partial charge on any atom is -0.394 e. The van der Waals surface area contributed by atoms with Gasteiger partial charge in [0.05, 0.1) is 12.7 Å². The molecule has 1 fully saturated rings. The second-order valence-electron chi connectivity index (χ2n) is 10.9. The van der Waals surface area contributed by atoms with E-state index in [4.69, 9.17) is 0 Å². The van der Waals surface area contributed by atoms with Crippen molar-refractivity contribution in [3.63, 3.8) is 0 Å². The Hall–Kier alpha value is -1.00. The largest absolute Gasteiger partial charge is 0.472 e. The molecule has 0 aromatic carbocycles. The minimum absolute atomic E-state index is 0.0986. The molecule has 2 unspecified atom stereocenters. The Morgan fingerprint density at radius 1 is 0.723 bits per heavy atom. The lowest BCUT2D eigenvalue weighted by atomic mass is 9.91. The van der Waals surface area contributed by atoms with E-state index in [1.807, 2.05) is 6.92 Å². The Bertz CT molecular complexity index is 1020. The van der Waals surface area contributed by atoms with Gasteiger partial charge in [-0.2, -0.15) is 57.1 Å². The molecule has 9 nitrogen and oxygen atoms in total. The van der Waals surface area contributed by atoms with Crippen molar-refractivity contribution in [2.45, 2.75) is 144 Å². The molecule has 0 aromatic heterocycles. The van der Waals surface area contributed by atoms with Gasteiger partial charge in [-0.1, -0.05) is 51.9 Å². The second kappa shape index (κ2) is 16.3. The van der Waals surface area contributed by atoms with Gasteiger partial charge in [-0.3, -0.25) is 9.05 Å². The quantitative estimate of drug-likeness (QED) is 0.0580. The van der Waals surface area contributed by atoms with Crippen molar-refractivity contribution < 1.29 is 101 Å². The number of rotatable bonds is 20. The number of unbranched alkanes of at least 4 members (excludes halogenated alkanes) is 6. The van der Waals surface area contributed by atoms with Crippen molar-refractivity contribution in [2.75, 3.05) is 6.61 Å². The molecule has 7 atom stereocenters. The van der Waals surface area contributed by atoms with Gasteiger partial charge in [0.25, 0.3) is 0 Å². The van der Waals surface area contributed by atoms with Gasteiger partial charge in [-0.25, -0.2) is 4.57 Å². The number of aliphatic hydroxyl groups excluding tert-OH is 4. The summed E-state index contributed by atoms with van der Waals surface area (Å²) in [6.45, 7) is 0.850. The monoisotopic (exact) mass is 746 g/mol. The molecule has 282 valence electrons. The van der Waals surface area contributed by atoms with Crippen LogP contribution in [0.4, 0.5) is 57.1 Å². The molecule has 0 saturated carbocycles. The van der Waals surface area contributed by atoms with E-state index in [0.717, 1.165) is 19.3 Å². The molecule has 1 rings (SSSR count). The van der Waals surface area contributed by atoms with Crippen molar-refractivity contribution in [2.24, 2.45) is 0 Å². The van der Waals surface area contributed by atoms with E-state index in [9.17, 15) is 87.0 Å². The lowest BCUT2D eigenvalue weighted by Crippen LogP contribution is -2.70. The average molecular weight is 746 g/mol. The third-order valence-corrected chi connectivity index (χ3v) is 8.36. The Kier molecular flexibility index (Phi) is 15.3. The molecule has 0 bridgehead atoms. The highest BCUT2D eigenvalue weighted by molar-refractivity contribution is 7.47. The number of hydrogen-bond acceptors (Lipinski definition) is 8. The molecular weight excluding hydrogens is 710 g/mol. The molecule has 1 aliphatic heterocycles. The Morgan fingerprint density at radius 3 is 1.70 bits per heavy atom. The number of phosphoric acid groups is 1. The molecule has 0 aliphatic carbocycles. The van der Waals surface area contributed by atoms with Gasteiger partial charge in [0.15, 0.2) is 6.29 Å². The van der Waals surface area contributed by atoms with Gasteiger partial charge < -0.3 is 30.1 Å². The number of ether oxygens (including phenoxy) is 1. The van der Waals surface area contributed by atoms with Crippen LogP contribution in [0.1, 0.15) is 71.1 Å². The number of aliphatic hydroxyl groups is 4.